The van der Waals surface area contributed by atoms with Crippen molar-refractivity contribution in [1.29, 1.82) is 0 Å². The van der Waals surface area contributed by atoms with Crippen LogP contribution in [0.5, 0.6) is 0 Å². The van der Waals surface area contributed by atoms with Gasteiger partial charge < -0.3 is 14.0 Å². The van der Waals surface area contributed by atoms with E-state index in [1.54, 1.807) is 22.9 Å². The van der Waals surface area contributed by atoms with Crippen molar-refractivity contribution < 1.29 is 9.53 Å². The zero-order valence-electron chi connectivity index (χ0n) is 14.5. The predicted octanol–water partition coefficient (Wildman–Crippen LogP) is 3.83. The van der Waals surface area contributed by atoms with Gasteiger partial charge in [0.1, 0.15) is 11.8 Å². The number of imidazole rings is 1. The standard InChI is InChI=1S/C20H18N4O2S/c25-20-24(14-17(26-20)16-4-2-1-3-5-16)19-23(10-11-27-19)13-15-6-7-18-21-8-9-22(18)12-15/h1-12,17,19H,13-14H2. The highest BCUT2D eigenvalue weighted by Gasteiger charge is 2.40. The number of aromatic nitrogens is 2. The fraction of sp³-hybridized carbons (Fsp3) is 0.200. The maximum Gasteiger partial charge on any atom is 0.412 e. The molecule has 4 heterocycles. The number of carbonyl (C=O) groups is 1. The highest BCUT2D eigenvalue weighted by Crippen LogP contribution is 2.36. The first-order chi connectivity index (χ1) is 13.3. The average molecular weight is 378 g/mol. The summed E-state index contributed by atoms with van der Waals surface area (Å²) in [6, 6.07) is 14.0. The van der Waals surface area contributed by atoms with Crippen molar-refractivity contribution in [3.05, 3.63) is 83.8 Å². The third-order valence-corrected chi connectivity index (χ3v) is 5.88. The number of fused-ring (bicyclic) bond motifs is 1. The molecule has 1 fully saturated rings. The third kappa shape index (κ3) is 3.04. The van der Waals surface area contributed by atoms with E-state index in [1.165, 1.54) is 0 Å². The molecular weight excluding hydrogens is 360 g/mol. The van der Waals surface area contributed by atoms with Crippen LogP contribution in [0.4, 0.5) is 4.79 Å². The summed E-state index contributed by atoms with van der Waals surface area (Å²) in [4.78, 5) is 20.8. The Labute approximate surface area is 161 Å². The number of ether oxygens (including phenoxy) is 1. The van der Waals surface area contributed by atoms with E-state index in [4.69, 9.17) is 4.74 Å². The smallest absolute Gasteiger partial charge is 0.412 e. The van der Waals surface area contributed by atoms with Crippen molar-refractivity contribution in [2.24, 2.45) is 0 Å². The van der Waals surface area contributed by atoms with Gasteiger partial charge in [0, 0.05) is 31.3 Å². The number of benzene rings is 1. The minimum atomic E-state index is -0.264. The zero-order valence-corrected chi connectivity index (χ0v) is 15.3. The van der Waals surface area contributed by atoms with Crippen LogP contribution in [0.15, 0.2) is 72.7 Å². The average Bonchev–Trinajstić information content (AvgIpc) is 3.42. The number of thioether (sulfide) groups is 1. The van der Waals surface area contributed by atoms with Crippen molar-refractivity contribution in [2.75, 3.05) is 6.54 Å². The largest absolute Gasteiger partial charge is 0.439 e. The zero-order chi connectivity index (χ0) is 18.2. The molecule has 1 saturated heterocycles. The fourth-order valence-corrected chi connectivity index (χ4v) is 4.48. The number of cyclic esters (lactones) is 1. The van der Waals surface area contributed by atoms with Crippen LogP contribution in [0.3, 0.4) is 0 Å². The SMILES string of the molecule is O=C1OC(c2ccccc2)CN1C1SC=CN1Cc1ccc2nccn2c1. The Kier molecular flexibility index (Phi) is 4.01. The molecule has 1 aromatic carbocycles. The van der Waals surface area contributed by atoms with Gasteiger partial charge in [-0.3, -0.25) is 4.90 Å². The van der Waals surface area contributed by atoms with Crippen LogP contribution in [-0.2, 0) is 11.3 Å². The lowest BCUT2D eigenvalue weighted by molar-refractivity contribution is 0.121. The Bertz CT molecular complexity index is 1000. The molecule has 136 valence electrons. The van der Waals surface area contributed by atoms with Gasteiger partial charge in [0.15, 0.2) is 5.50 Å². The Hall–Kier alpha value is -2.93. The summed E-state index contributed by atoms with van der Waals surface area (Å²) in [5.74, 6) is 0. The first-order valence-electron chi connectivity index (χ1n) is 8.80. The van der Waals surface area contributed by atoms with Gasteiger partial charge in [-0.2, -0.15) is 0 Å². The van der Waals surface area contributed by atoms with Gasteiger partial charge >= 0.3 is 6.09 Å². The molecular formula is C20H18N4O2S. The molecule has 7 heteroatoms. The molecule has 3 aromatic rings. The van der Waals surface area contributed by atoms with E-state index in [0.29, 0.717) is 13.1 Å². The summed E-state index contributed by atoms with van der Waals surface area (Å²) in [5, 5.41) is 2.03. The Morgan fingerprint density at radius 2 is 2.07 bits per heavy atom. The van der Waals surface area contributed by atoms with Crippen LogP contribution in [0, 0.1) is 0 Å². The Balaban J connectivity index is 1.33. The topological polar surface area (TPSA) is 50.1 Å². The number of hydrogen-bond donors (Lipinski definition) is 0. The number of pyridine rings is 1. The molecule has 2 aromatic heterocycles. The van der Waals surface area contributed by atoms with Crippen LogP contribution < -0.4 is 0 Å². The number of carbonyl (C=O) groups excluding carboxylic acids is 1. The molecule has 5 rings (SSSR count). The van der Waals surface area contributed by atoms with Crippen molar-refractivity contribution >= 4 is 23.5 Å². The van der Waals surface area contributed by atoms with Gasteiger partial charge in [0.2, 0.25) is 0 Å². The summed E-state index contributed by atoms with van der Waals surface area (Å²) in [6.45, 7) is 1.27. The van der Waals surface area contributed by atoms with Gasteiger partial charge in [0.25, 0.3) is 0 Å². The summed E-state index contributed by atoms with van der Waals surface area (Å²) in [7, 11) is 0. The lowest BCUT2D eigenvalue weighted by Gasteiger charge is -2.30. The maximum absolute atomic E-state index is 12.5. The second-order valence-electron chi connectivity index (χ2n) is 6.59. The van der Waals surface area contributed by atoms with E-state index in [2.05, 4.69) is 22.1 Å². The number of nitrogens with zero attached hydrogens (tertiary/aromatic N) is 4. The quantitative estimate of drug-likeness (QED) is 0.691. The van der Waals surface area contributed by atoms with Crippen LogP contribution in [0.1, 0.15) is 17.2 Å². The minimum absolute atomic E-state index is 0.0929. The highest BCUT2D eigenvalue weighted by atomic mass is 32.2. The number of hydrogen-bond acceptors (Lipinski definition) is 5. The van der Waals surface area contributed by atoms with Crippen molar-refractivity contribution in [3.8, 4) is 0 Å². The second-order valence-corrected chi connectivity index (χ2v) is 7.55. The summed E-state index contributed by atoms with van der Waals surface area (Å²) in [5.41, 5.74) is 3.02. The first-order valence-corrected chi connectivity index (χ1v) is 9.74. The van der Waals surface area contributed by atoms with Crippen LogP contribution in [0.2, 0.25) is 0 Å². The minimum Gasteiger partial charge on any atom is -0.439 e. The highest BCUT2D eigenvalue weighted by molar-refractivity contribution is 8.02. The molecule has 0 bridgehead atoms. The van der Waals surface area contributed by atoms with E-state index >= 15 is 0 Å². The molecule has 2 aliphatic rings. The summed E-state index contributed by atoms with van der Waals surface area (Å²) < 4.78 is 7.63. The monoisotopic (exact) mass is 378 g/mol. The fourth-order valence-electron chi connectivity index (χ4n) is 3.49. The Morgan fingerprint density at radius 3 is 2.96 bits per heavy atom. The number of rotatable bonds is 4. The Morgan fingerprint density at radius 1 is 1.19 bits per heavy atom. The maximum atomic E-state index is 12.5. The molecule has 1 amide bonds. The van der Waals surface area contributed by atoms with Crippen LogP contribution in [0.25, 0.3) is 5.65 Å². The van der Waals surface area contributed by atoms with Gasteiger partial charge in [-0.15, -0.1) is 0 Å². The van der Waals surface area contributed by atoms with E-state index in [9.17, 15) is 4.79 Å². The molecule has 0 aliphatic carbocycles. The molecule has 27 heavy (non-hydrogen) atoms. The van der Waals surface area contributed by atoms with E-state index in [1.807, 2.05) is 58.6 Å². The second kappa shape index (κ2) is 6.66. The van der Waals surface area contributed by atoms with Gasteiger partial charge in [0.05, 0.1) is 6.54 Å². The van der Waals surface area contributed by atoms with Gasteiger partial charge in [-0.05, 0) is 22.6 Å². The number of amides is 1. The van der Waals surface area contributed by atoms with E-state index in [-0.39, 0.29) is 17.7 Å². The van der Waals surface area contributed by atoms with E-state index in [0.717, 1.165) is 16.8 Å². The summed E-state index contributed by atoms with van der Waals surface area (Å²) in [6.07, 6.45) is 7.36. The molecule has 0 saturated carbocycles. The first kappa shape index (κ1) is 16.3. The molecule has 2 aliphatic heterocycles. The summed E-state index contributed by atoms with van der Waals surface area (Å²) >= 11 is 1.62. The lowest BCUT2D eigenvalue weighted by Crippen LogP contribution is -2.42. The van der Waals surface area contributed by atoms with Gasteiger partial charge in [-0.1, -0.05) is 48.2 Å². The predicted molar refractivity (Wildman–Crippen MR) is 104 cm³/mol. The van der Waals surface area contributed by atoms with Crippen molar-refractivity contribution in [2.45, 2.75) is 18.1 Å². The molecule has 2 unspecified atom stereocenters. The molecule has 2 atom stereocenters. The molecule has 0 spiro atoms. The lowest BCUT2D eigenvalue weighted by atomic mass is 10.1. The van der Waals surface area contributed by atoms with Gasteiger partial charge in [-0.25, -0.2) is 9.78 Å². The van der Waals surface area contributed by atoms with Crippen molar-refractivity contribution in [1.82, 2.24) is 19.2 Å². The van der Waals surface area contributed by atoms with Crippen molar-refractivity contribution in [3.63, 3.8) is 0 Å². The third-order valence-electron chi connectivity index (χ3n) is 4.83. The molecule has 0 N–H and O–H groups in total. The van der Waals surface area contributed by atoms with Crippen LogP contribution in [-0.4, -0.2) is 37.3 Å². The normalized spacial score (nSPS) is 22.0. The molecule has 0 radical (unpaired) electrons. The van der Waals surface area contributed by atoms with E-state index < -0.39 is 0 Å². The van der Waals surface area contributed by atoms with Crippen LogP contribution >= 0.6 is 11.8 Å². The molecule has 6 nitrogen and oxygen atoms in total.